The van der Waals surface area contributed by atoms with Crippen molar-refractivity contribution in [1.29, 1.82) is 0 Å². The van der Waals surface area contributed by atoms with Crippen molar-refractivity contribution in [3.05, 3.63) is 78.0 Å². The third-order valence-corrected chi connectivity index (χ3v) is 5.82. The monoisotopic (exact) mass is 500 g/mol. The maximum Gasteiger partial charge on any atom is 0.251 e. The summed E-state index contributed by atoms with van der Waals surface area (Å²) in [5.74, 6) is 1.40. The Kier molecular flexibility index (Phi) is 7.88. The van der Waals surface area contributed by atoms with Crippen LogP contribution in [0.25, 0.3) is 22.0 Å². The van der Waals surface area contributed by atoms with Crippen LogP contribution in [0.4, 0.5) is 0 Å². The van der Waals surface area contributed by atoms with Crippen LogP contribution in [-0.4, -0.2) is 51.2 Å². The summed E-state index contributed by atoms with van der Waals surface area (Å²) in [5, 5.41) is 4.61. The van der Waals surface area contributed by atoms with Crippen LogP contribution in [0.2, 0.25) is 0 Å². The molecule has 0 atom stereocenters. The van der Waals surface area contributed by atoms with E-state index in [2.05, 4.69) is 10.3 Å². The standard InChI is InChI=1S/C29H28N2O6/c1-5-37-26-16-20(14-18-8-6-7-9-21(18)26)28-25(35-3)13-11-22(31-28)23(32)17-30-29(33)19-10-12-24(34-2)27(15-19)36-4/h6-16H,5,17H2,1-4H3,(H,30,33). The number of Topliss-reactive ketones (excluding diaryl/α,β-unsaturated/α-hetero) is 1. The van der Waals surface area contributed by atoms with E-state index in [1.54, 1.807) is 37.4 Å². The first kappa shape index (κ1) is 25.5. The van der Waals surface area contributed by atoms with Crippen LogP contribution in [0.3, 0.4) is 0 Å². The second kappa shape index (κ2) is 11.4. The summed E-state index contributed by atoms with van der Waals surface area (Å²) >= 11 is 0. The molecule has 0 saturated carbocycles. The van der Waals surface area contributed by atoms with E-state index in [9.17, 15) is 9.59 Å². The van der Waals surface area contributed by atoms with Gasteiger partial charge in [0, 0.05) is 16.5 Å². The predicted octanol–water partition coefficient (Wildman–Crippen LogP) is 4.94. The van der Waals surface area contributed by atoms with Crippen molar-refractivity contribution in [3.8, 4) is 34.3 Å². The topological polar surface area (TPSA) is 96.0 Å². The fourth-order valence-electron chi connectivity index (χ4n) is 3.99. The van der Waals surface area contributed by atoms with Crippen LogP contribution in [0.15, 0.2) is 66.7 Å². The number of hydrogen-bond acceptors (Lipinski definition) is 7. The Morgan fingerprint density at radius 1 is 0.811 bits per heavy atom. The van der Waals surface area contributed by atoms with Gasteiger partial charge in [-0.2, -0.15) is 0 Å². The highest BCUT2D eigenvalue weighted by Crippen LogP contribution is 2.36. The molecular formula is C29H28N2O6. The highest BCUT2D eigenvalue weighted by Gasteiger charge is 2.17. The lowest BCUT2D eigenvalue weighted by molar-refractivity contribution is 0.0902. The fraction of sp³-hybridized carbons (Fsp3) is 0.207. The first-order valence-electron chi connectivity index (χ1n) is 11.7. The number of benzene rings is 3. The van der Waals surface area contributed by atoms with Crippen molar-refractivity contribution >= 4 is 22.5 Å². The first-order chi connectivity index (χ1) is 18.0. The van der Waals surface area contributed by atoms with Crippen LogP contribution < -0.4 is 24.3 Å². The molecule has 4 aromatic rings. The minimum absolute atomic E-state index is 0.203. The minimum Gasteiger partial charge on any atom is -0.494 e. The largest absolute Gasteiger partial charge is 0.494 e. The molecule has 4 rings (SSSR count). The molecule has 8 nitrogen and oxygen atoms in total. The molecule has 1 heterocycles. The Balaban J connectivity index is 1.59. The van der Waals surface area contributed by atoms with Crippen molar-refractivity contribution in [2.75, 3.05) is 34.5 Å². The highest BCUT2D eigenvalue weighted by molar-refractivity contribution is 6.02. The van der Waals surface area contributed by atoms with E-state index in [4.69, 9.17) is 18.9 Å². The predicted molar refractivity (Wildman–Crippen MR) is 141 cm³/mol. The average molecular weight is 501 g/mol. The van der Waals surface area contributed by atoms with E-state index in [0.717, 1.165) is 22.1 Å². The lowest BCUT2D eigenvalue weighted by Gasteiger charge is -2.14. The molecule has 3 aromatic carbocycles. The molecule has 0 fully saturated rings. The number of carbonyl (C=O) groups excluding carboxylic acids is 2. The molecule has 190 valence electrons. The minimum atomic E-state index is -0.418. The molecule has 0 bridgehead atoms. The van der Waals surface area contributed by atoms with Gasteiger partial charge in [0.2, 0.25) is 0 Å². The van der Waals surface area contributed by atoms with Gasteiger partial charge in [0.1, 0.15) is 22.9 Å². The zero-order chi connectivity index (χ0) is 26.4. The van der Waals surface area contributed by atoms with Gasteiger partial charge in [-0.3, -0.25) is 9.59 Å². The molecule has 0 spiro atoms. The molecule has 1 N–H and O–H groups in total. The zero-order valence-electron chi connectivity index (χ0n) is 21.2. The van der Waals surface area contributed by atoms with Crippen molar-refractivity contribution in [2.24, 2.45) is 0 Å². The maximum atomic E-state index is 13.0. The summed E-state index contributed by atoms with van der Waals surface area (Å²) < 4.78 is 21.9. The van der Waals surface area contributed by atoms with Gasteiger partial charge in [-0.1, -0.05) is 24.3 Å². The van der Waals surface area contributed by atoms with Crippen LogP contribution in [0.1, 0.15) is 27.8 Å². The van der Waals surface area contributed by atoms with Gasteiger partial charge in [0.15, 0.2) is 17.3 Å². The van der Waals surface area contributed by atoms with Crippen molar-refractivity contribution in [3.63, 3.8) is 0 Å². The molecule has 0 unspecified atom stereocenters. The van der Waals surface area contributed by atoms with Crippen molar-refractivity contribution in [1.82, 2.24) is 10.3 Å². The van der Waals surface area contributed by atoms with Crippen LogP contribution >= 0.6 is 0 Å². The number of nitrogens with zero attached hydrogens (tertiary/aromatic N) is 1. The van der Waals surface area contributed by atoms with E-state index in [0.29, 0.717) is 35.1 Å². The molecule has 37 heavy (non-hydrogen) atoms. The number of hydrogen-bond donors (Lipinski definition) is 1. The molecule has 8 heteroatoms. The van der Waals surface area contributed by atoms with Crippen LogP contribution in [0, 0.1) is 0 Å². The van der Waals surface area contributed by atoms with Crippen LogP contribution in [-0.2, 0) is 0 Å². The highest BCUT2D eigenvalue weighted by atomic mass is 16.5. The smallest absolute Gasteiger partial charge is 0.251 e. The maximum absolute atomic E-state index is 13.0. The summed E-state index contributed by atoms with van der Waals surface area (Å²) in [6.07, 6.45) is 0. The number of pyridine rings is 1. The zero-order valence-corrected chi connectivity index (χ0v) is 21.2. The molecule has 0 aliphatic rings. The average Bonchev–Trinajstić information content (AvgIpc) is 2.94. The normalized spacial score (nSPS) is 10.6. The first-order valence-corrected chi connectivity index (χ1v) is 11.7. The van der Waals surface area contributed by atoms with Crippen LogP contribution in [0.5, 0.6) is 23.0 Å². The van der Waals surface area contributed by atoms with E-state index in [-0.39, 0.29) is 18.0 Å². The molecule has 1 aromatic heterocycles. The van der Waals surface area contributed by atoms with Gasteiger partial charge >= 0.3 is 0 Å². The SMILES string of the molecule is CCOc1cc(-c2nc(C(=O)CNC(=O)c3ccc(OC)c(OC)c3)ccc2OC)cc2ccccc12. The number of ether oxygens (including phenoxy) is 4. The lowest BCUT2D eigenvalue weighted by atomic mass is 10.0. The van der Waals surface area contributed by atoms with E-state index in [1.807, 2.05) is 43.3 Å². The number of methoxy groups -OCH3 is 3. The second-order valence-corrected chi connectivity index (χ2v) is 8.05. The van der Waals surface area contributed by atoms with Gasteiger partial charge < -0.3 is 24.3 Å². The van der Waals surface area contributed by atoms with E-state index >= 15 is 0 Å². The van der Waals surface area contributed by atoms with E-state index in [1.165, 1.54) is 14.2 Å². The van der Waals surface area contributed by atoms with Crippen molar-refractivity contribution in [2.45, 2.75) is 6.92 Å². The molecular weight excluding hydrogens is 472 g/mol. The summed E-state index contributed by atoms with van der Waals surface area (Å²) in [4.78, 5) is 30.2. The number of ketones is 1. The van der Waals surface area contributed by atoms with Gasteiger partial charge in [-0.05, 0) is 54.8 Å². The third-order valence-electron chi connectivity index (χ3n) is 5.82. The Bertz CT molecular complexity index is 1450. The lowest BCUT2D eigenvalue weighted by Crippen LogP contribution is -2.30. The number of amides is 1. The number of aromatic nitrogens is 1. The quantitative estimate of drug-likeness (QED) is 0.308. The number of carbonyl (C=O) groups is 2. The summed E-state index contributed by atoms with van der Waals surface area (Å²) in [5.41, 5.74) is 1.80. The van der Waals surface area contributed by atoms with Gasteiger partial charge in [-0.25, -0.2) is 4.98 Å². The summed E-state index contributed by atoms with van der Waals surface area (Å²) in [7, 11) is 4.56. The molecule has 0 saturated heterocycles. The molecule has 0 radical (unpaired) electrons. The molecule has 1 amide bonds. The number of fused-ring (bicyclic) bond motifs is 1. The van der Waals surface area contributed by atoms with Gasteiger partial charge in [0.25, 0.3) is 5.91 Å². The molecule has 0 aliphatic heterocycles. The molecule has 0 aliphatic carbocycles. The summed E-state index contributed by atoms with van der Waals surface area (Å²) in [6.45, 7) is 2.21. The third kappa shape index (κ3) is 5.48. The number of nitrogens with one attached hydrogen (secondary N) is 1. The van der Waals surface area contributed by atoms with Gasteiger partial charge in [-0.15, -0.1) is 0 Å². The Morgan fingerprint density at radius 3 is 2.27 bits per heavy atom. The fourth-order valence-corrected chi connectivity index (χ4v) is 3.99. The Labute approximate surface area is 215 Å². The Hall–Kier alpha value is -4.59. The summed E-state index contributed by atoms with van der Waals surface area (Å²) in [6, 6.07) is 19.8. The van der Waals surface area contributed by atoms with E-state index < -0.39 is 5.91 Å². The number of rotatable bonds is 10. The van der Waals surface area contributed by atoms with Gasteiger partial charge in [0.05, 0.1) is 34.5 Å². The van der Waals surface area contributed by atoms with Crippen molar-refractivity contribution < 1.29 is 28.5 Å². The Morgan fingerprint density at radius 2 is 1.54 bits per heavy atom. The second-order valence-electron chi connectivity index (χ2n) is 8.05.